The van der Waals surface area contributed by atoms with Gasteiger partial charge in [0.15, 0.2) is 11.5 Å². The second-order valence-electron chi connectivity index (χ2n) is 33.4. The Morgan fingerprint density at radius 2 is 0.534 bits per heavy atom. The van der Waals surface area contributed by atoms with Crippen molar-refractivity contribution in [2.45, 2.75) is 80.0 Å². The van der Waals surface area contributed by atoms with E-state index in [1.54, 1.807) is 127 Å². The number of hydrogen-bond donors (Lipinski definition) is 8. The number of ether oxygens (including phenoxy) is 10. The van der Waals surface area contributed by atoms with Crippen LogP contribution in [-0.4, -0.2) is 109 Å². The standard InChI is InChI=1S/C25H26O5.C23H22O3.C22H20O4.C22H20O3.C21H18O3/c1-15-21(26)11-10-19-24(16-5-8-18(27-2)9-6-16)20(14-30-25(15)19)17-7-12-22(28-3)23(13-17)29-4;1-15-3-12-20-22(13-15)26-14-21(16-4-8-18(24)9-5-16)23(20)17-6-10-19(25-2)11-7-17;1-25-18-4-2-3-15(11-18)22-19-10-9-17(24)12-21(19)26-13-20(22)14-5-7-16(23)8-6-14;1-14-2-4-16(5-3-14)22-19-11-10-18(24)12-21(19)25-13-20(22)15-6-8-17(23)9-7-15;22-16-8-6-14(7-9-16)19-13-24-20-12-17(23)10-11-18(20)21(19)15-4-2-1-3-5-15/h5-13,20,24,26H,14H2,1-4H3;3-13,21,23-24H,14H2,1-2H3;2-12,20,22-24H,13H2,1H3;2-12,20,22-24H,13H2,1H3;1-12,19,21-23H,13H2. The van der Waals surface area contributed by atoms with E-state index < -0.39 is 0 Å². The molecule has 18 heteroatoms. The second kappa shape index (κ2) is 40.3. The third kappa shape index (κ3) is 20.0. The van der Waals surface area contributed by atoms with Gasteiger partial charge in [0.25, 0.3) is 0 Å². The summed E-state index contributed by atoms with van der Waals surface area (Å²) in [5.41, 5.74) is 20.2. The lowest BCUT2D eigenvalue weighted by atomic mass is 9.75. The molecule has 0 aliphatic carbocycles. The van der Waals surface area contributed by atoms with Crippen LogP contribution in [0.1, 0.15) is 159 Å². The van der Waals surface area contributed by atoms with Gasteiger partial charge < -0.3 is 88.2 Å². The molecule has 0 saturated carbocycles. The molecule has 18 nitrogen and oxygen atoms in total. The topological polar surface area (TPSA) is 254 Å². The average molecular weight is 1750 g/mol. The third-order valence-corrected chi connectivity index (χ3v) is 25.5. The van der Waals surface area contributed by atoms with E-state index in [2.05, 4.69) is 105 Å². The van der Waals surface area contributed by atoms with Crippen molar-refractivity contribution in [2.75, 3.05) is 68.6 Å². The summed E-state index contributed by atoms with van der Waals surface area (Å²) < 4.78 is 57.1. The van der Waals surface area contributed by atoms with Crippen molar-refractivity contribution < 1.29 is 88.2 Å². The number of aromatic hydroxyl groups is 8. The Morgan fingerprint density at radius 1 is 0.221 bits per heavy atom. The number of phenolic OH excluding ortho intramolecular Hbond substituents is 8. The Morgan fingerprint density at radius 3 is 0.939 bits per heavy atom. The van der Waals surface area contributed by atoms with Crippen molar-refractivity contribution in [2.24, 2.45) is 0 Å². The van der Waals surface area contributed by atoms with Crippen molar-refractivity contribution >= 4 is 0 Å². The number of rotatable bonds is 15. The van der Waals surface area contributed by atoms with Gasteiger partial charge in [-0.1, -0.05) is 188 Å². The number of hydrogen-bond acceptors (Lipinski definition) is 18. The first-order chi connectivity index (χ1) is 63.7. The van der Waals surface area contributed by atoms with Gasteiger partial charge in [-0.3, -0.25) is 0 Å². The van der Waals surface area contributed by atoms with E-state index in [0.29, 0.717) is 50.3 Å². The van der Waals surface area contributed by atoms with Crippen molar-refractivity contribution in [3.8, 4) is 103 Å². The molecule has 5 heterocycles. The first-order valence-electron chi connectivity index (χ1n) is 43.7. The molecule has 0 aromatic heterocycles. The molecular weight excluding hydrogens is 1650 g/mol. The molecule has 0 saturated heterocycles. The van der Waals surface area contributed by atoms with Crippen molar-refractivity contribution in [1.29, 1.82) is 0 Å². The molecule has 0 bridgehead atoms. The van der Waals surface area contributed by atoms with E-state index in [1.807, 2.05) is 153 Å². The first kappa shape index (κ1) is 89.1. The zero-order chi connectivity index (χ0) is 91.3. The van der Waals surface area contributed by atoms with Crippen LogP contribution in [0.5, 0.6) is 103 Å². The fourth-order valence-corrected chi connectivity index (χ4v) is 18.7. The zero-order valence-corrected chi connectivity index (χ0v) is 74.1. The molecular formula is C113H106O18. The van der Waals surface area contributed by atoms with Crippen LogP contribution >= 0.6 is 0 Å². The summed E-state index contributed by atoms with van der Waals surface area (Å²) in [7, 11) is 8.28. The smallest absolute Gasteiger partial charge is 0.160 e. The minimum atomic E-state index is 0.0528. The Balaban J connectivity index is 0.000000120. The molecule has 0 fully saturated rings. The number of methoxy groups -OCH3 is 5. The van der Waals surface area contributed by atoms with Crippen LogP contribution in [0.15, 0.2) is 328 Å². The molecule has 5 aliphatic rings. The SMILES string of the molecule is COc1ccc(C2c3ccc(C)cc3OCC2c2ccc(O)cc2)cc1.COc1ccc(C2c3ccc(O)c(C)c3OCC2c2ccc(OC)c(OC)c2)cc1.COc1cccc(C2c3ccc(O)cc3OCC2c2ccc(O)cc2)c1.Cc1ccc(C2c3ccc(O)cc3OCC2c2ccc(O)cc2)cc1.Oc1ccc(C2COc3cc(O)ccc3C2c2ccccc2)cc1. The normalized spacial score (nSPS) is 18.6. The number of aryl methyl sites for hydroxylation is 2. The molecule has 10 unspecified atom stereocenters. The molecule has 0 amide bonds. The molecule has 8 N–H and O–H groups in total. The summed E-state index contributed by atoms with van der Waals surface area (Å²) in [4.78, 5) is 0. The predicted octanol–water partition coefficient (Wildman–Crippen LogP) is 23.6. The minimum Gasteiger partial charge on any atom is -0.508 e. The Hall–Kier alpha value is -15.3. The lowest BCUT2D eigenvalue weighted by Crippen LogP contribution is -2.26. The van der Waals surface area contributed by atoms with Gasteiger partial charge in [-0.2, -0.15) is 0 Å². The van der Waals surface area contributed by atoms with Crippen LogP contribution in [0.2, 0.25) is 0 Å². The molecule has 15 aromatic carbocycles. The highest BCUT2D eigenvalue weighted by Crippen LogP contribution is 2.55. The number of benzene rings is 15. The molecule has 131 heavy (non-hydrogen) atoms. The summed E-state index contributed by atoms with van der Waals surface area (Å²) in [5, 5.41) is 78.0. The molecule has 10 atom stereocenters. The van der Waals surface area contributed by atoms with Gasteiger partial charge in [0.2, 0.25) is 0 Å². The molecule has 15 aromatic rings. The maximum Gasteiger partial charge on any atom is 0.160 e. The fourth-order valence-electron chi connectivity index (χ4n) is 18.7. The molecule has 20 rings (SSSR count). The van der Waals surface area contributed by atoms with Crippen LogP contribution < -0.4 is 47.4 Å². The van der Waals surface area contributed by atoms with Gasteiger partial charge in [-0.05, 0) is 209 Å². The Labute approximate surface area is 763 Å². The van der Waals surface area contributed by atoms with Gasteiger partial charge in [0, 0.05) is 111 Å². The van der Waals surface area contributed by atoms with Crippen LogP contribution in [-0.2, 0) is 0 Å². The quantitative estimate of drug-likeness (QED) is 0.0475. The van der Waals surface area contributed by atoms with Gasteiger partial charge in [-0.15, -0.1) is 0 Å². The lowest BCUT2D eigenvalue weighted by molar-refractivity contribution is 0.245. The highest BCUT2D eigenvalue weighted by Gasteiger charge is 2.40. The third-order valence-electron chi connectivity index (χ3n) is 25.5. The maximum absolute atomic E-state index is 10.2. The van der Waals surface area contributed by atoms with E-state index in [4.69, 9.17) is 47.4 Å². The van der Waals surface area contributed by atoms with Crippen LogP contribution in [0.25, 0.3) is 0 Å². The monoisotopic (exact) mass is 1750 g/mol. The maximum atomic E-state index is 10.2. The highest BCUT2D eigenvalue weighted by atomic mass is 16.5. The summed E-state index contributed by atoms with van der Waals surface area (Å²) in [5.74, 6) is 10.8. The number of fused-ring (bicyclic) bond motifs is 5. The molecule has 0 radical (unpaired) electrons. The number of phenols is 8. The van der Waals surface area contributed by atoms with Crippen LogP contribution in [0.3, 0.4) is 0 Å². The van der Waals surface area contributed by atoms with Crippen LogP contribution in [0.4, 0.5) is 0 Å². The summed E-state index contributed by atoms with van der Waals surface area (Å²) in [6.07, 6.45) is 0. The van der Waals surface area contributed by atoms with Gasteiger partial charge >= 0.3 is 0 Å². The van der Waals surface area contributed by atoms with E-state index in [1.165, 1.54) is 33.4 Å². The van der Waals surface area contributed by atoms with E-state index in [0.717, 1.165) is 107 Å². The van der Waals surface area contributed by atoms with Crippen LogP contribution in [0, 0.1) is 20.8 Å². The van der Waals surface area contributed by atoms with E-state index >= 15 is 0 Å². The van der Waals surface area contributed by atoms with Crippen molar-refractivity contribution in [3.63, 3.8) is 0 Å². The zero-order valence-electron chi connectivity index (χ0n) is 74.1. The molecule has 666 valence electrons. The molecule has 0 spiro atoms. The van der Waals surface area contributed by atoms with Crippen molar-refractivity contribution in [3.05, 3.63) is 428 Å². The summed E-state index contributed by atoms with van der Waals surface area (Å²) >= 11 is 0. The Bertz CT molecular complexity index is 6390. The lowest BCUT2D eigenvalue weighted by Gasteiger charge is -2.35. The highest BCUT2D eigenvalue weighted by molar-refractivity contribution is 5.60. The second-order valence-corrected chi connectivity index (χ2v) is 33.4. The average Bonchev–Trinajstić information content (AvgIpc) is 0.754. The molecule has 5 aliphatic heterocycles. The van der Waals surface area contributed by atoms with E-state index in [9.17, 15) is 40.9 Å². The summed E-state index contributed by atoms with van der Waals surface area (Å²) in [6, 6.07) is 105. The first-order valence-corrected chi connectivity index (χ1v) is 43.7. The minimum absolute atomic E-state index is 0.0528. The Kier molecular flexibility index (Phi) is 27.4. The van der Waals surface area contributed by atoms with E-state index in [-0.39, 0.29) is 105 Å². The van der Waals surface area contributed by atoms with Gasteiger partial charge in [0.05, 0.1) is 68.6 Å². The van der Waals surface area contributed by atoms with Gasteiger partial charge in [0.1, 0.15) is 92.0 Å². The largest absolute Gasteiger partial charge is 0.508 e. The van der Waals surface area contributed by atoms with Crippen molar-refractivity contribution in [1.82, 2.24) is 0 Å². The predicted molar refractivity (Wildman–Crippen MR) is 507 cm³/mol. The summed E-state index contributed by atoms with van der Waals surface area (Å²) in [6.45, 7) is 8.69. The fraction of sp³-hybridized carbons (Fsp3) is 0.204. The van der Waals surface area contributed by atoms with Gasteiger partial charge in [-0.25, -0.2) is 0 Å².